The average Bonchev–Trinajstić information content (AvgIpc) is 3.57. The molecular weight excluding hydrogens is 400 g/mol. The first-order valence-corrected chi connectivity index (χ1v) is 12.6. The minimum Gasteiger partial charge on any atom is -0.359 e. The lowest BCUT2D eigenvalue weighted by Crippen LogP contribution is -2.58. The largest absolute Gasteiger partial charge is 0.359 e. The average molecular weight is 435 g/mol. The van der Waals surface area contributed by atoms with Crippen LogP contribution in [-0.2, 0) is 14.3 Å². The van der Waals surface area contributed by atoms with Crippen LogP contribution in [0.2, 0.25) is 0 Å². The Balaban J connectivity index is 1.39. The Morgan fingerprint density at radius 1 is 1.03 bits per heavy atom. The molecule has 32 heavy (non-hydrogen) atoms. The van der Waals surface area contributed by atoms with Gasteiger partial charge in [0, 0.05) is 18.0 Å². The van der Waals surface area contributed by atoms with Gasteiger partial charge < -0.3 is 15.0 Å². The van der Waals surface area contributed by atoms with E-state index in [1.54, 1.807) is 0 Å². The second kappa shape index (κ2) is 7.72. The number of amides is 2. The van der Waals surface area contributed by atoms with Crippen LogP contribution < -0.4 is 5.32 Å². The third-order valence-electron chi connectivity index (χ3n) is 8.69. The van der Waals surface area contributed by atoms with Crippen molar-refractivity contribution in [2.75, 3.05) is 0 Å². The van der Waals surface area contributed by atoms with E-state index in [2.05, 4.69) is 48.7 Å². The van der Waals surface area contributed by atoms with Crippen LogP contribution in [0.15, 0.2) is 36.4 Å². The highest BCUT2D eigenvalue weighted by Crippen LogP contribution is 2.59. The zero-order valence-electron chi connectivity index (χ0n) is 19.0. The van der Waals surface area contributed by atoms with E-state index in [0.29, 0.717) is 0 Å². The summed E-state index contributed by atoms with van der Waals surface area (Å²) in [6.07, 6.45) is 13.9. The number of nitrogens with one attached hydrogen (secondary N) is 1. The van der Waals surface area contributed by atoms with E-state index in [1.165, 1.54) is 24.8 Å². The van der Waals surface area contributed by atoms with Crippen molar-refractivity contribution in [2.45, 2.75) is 100 Å². The molecule has 1 N–H and O–H groups in total. The summed E-state index contributed by atoms with van der Waals surface area (Å²) in [4.78, 5) is 29.9. The highest BCUT2D eigenvalue weighted by molar-refractivity contribution is 5.97. The Kier molecular flexibility index (Phi) is 4.94. The molecule has 6 rings (SSSR count). The van der Waals surface area contributed by atoms with Gasteiger partial charge in [-0.15, -0.1) is 0 Å². The number of carbonyl (C=O) groups excluding carboxylic acids is 2. The first-order chi connectivity index (χ1) is 15.6. The molecule has 0 aromatic heterocycles. The summed E-state index contributed by atoms with van der Waals surface area (Å²) in [5.41, 5.74) is 1.52. The van der Waals surface area contributed by atoms with E-state index in [0.717, 1.165) is 44.1 Å². The molecule has 1 aromatic rings. The Labute approximate surface area is 190 Å². The van der Waals surface area contributed by atoms with Gasteiger partial charge in [0.2, 0.25) is 11.8 Å². The van der Waals surface area contributed by atoms with Gasteiger partial charge in [-0.25, -0.2) is 0 Å². The van der Waals surface area contributed by atoms with Crippen LogP contribution >= 0.6 is 0 Å². The van der Waals surface area contributed by atoms with Gasteiger partial charge in [0.25, 0.3) is 0 Å². The van der Waals surface area contributed by atoms with E-state index >= 15 is 0 Å². The summed E-state index contributed by atoms with van der Waals surface area (Å²) in [5, 5.41) is 3.32. The SMILES string of the molecule is Cc1ccc([C@@H]2[C@H]3C=C[C@]4(O3)[C@H](C(=O)NC3CCCC3)N(C3CCCCC3)C(=O)[C@@H]24)cc1. The van der Waals surface area contributed by atoms with Gasteiger partial charge in [-0.3, -0.25) is 9.59 Å². The van der Waals surface area contributed by atoms with Gasteiger partial charge in [-0.2, -0.15) is 0 Å². The van der Waals surface area contributed by atoms with Crippen LogP contribution in [0.5, 0.6) is 0 Å². The summed E-state index contributed by atoms with van der Waals surface area (Å²) >= 11 is 0. The van der Waals surface area contributed by atoms with Crippen LogP contribution in [0.4, 0.5) is 0 Å². The number of carbonyl (C=O) groups is 2. The summed E-state index contributed by atoms with van der Waals surface area (Å²) in [5.74, 6) is -0.223. The number of likely N-dealkylation sites (tertiary alicyclic amines) is 1. The normalized spacial score (nSPS) is 36.8. The van der Waals surface area contributed by atoms with E-state index in [-0.39, 0.29) is 41.8 Å². The minimum atomic E-state index is -0.836. The molecule has 5 aliphatic rings. The molecule has 1 aromatic carbocycles. The van der Waals surface area contributed by atoms with Gasteiger partial charge in [0.15, 0.2) is 0 Å². The standard InChI is InChI=1S/C27H34N2O3/c1-17-11-13-18(14-12-17)22-21-15-16-27(32-21)23(22)26(31)29(20-9-3-2-4-10-20)24(27)25(30)28-19-7-5-6-8-19/h11-16,19-24H,2-10H2,1H3,(H,28,30)/t21-,22-,23-,24+,27-/m1/s1. The Bertz CT molecular complexity index is 929. The lowest BCUT2D eigenvalue weighted by atomic mass is 9.72. The molecule has 2 amide bonds. The number of benzene rings is 1. The molecule has 4 fully saturated rings. The smallest absolute Gasteiger partial charge is 0.246 e. The number of ether oxygens (including phenoxy) is 1. The molecule has 2 saturated carbocycles. The monoisotopic (exact) mass is 434 g/mol. The Morgan fingerprint density at radius 3 is 2.44 bits per heavy atom. The summed E-state index contributed by atoms with van der Waals surface area (Å²) in [6.45, 7) is 2.08. The van der Waals surface area contributed by atoms with Crippen molar-refractivity contribution < 1.29 is 14.3 Å². The highest BCUT2D eigenvalue weighted by Gasteiger charge is 2.72. The third-order valence-corrected chi connectivity index (χ3v) is 8.69. The fraction of sp³-hybridized carbons (Fsp3) is 0.630. The van der Waals surface area contributed by atoms with E-state index in [1.807, 2.05) is 4.90 Å². The van der Waals surface area contributed by atoms with Crippen LogP contribution in [0.3, 0.4) is 0 Å². The number of hydrogen-bond acceptors (Lipinski definition) is 3. The van der Waals surface area contributed by atoms with Crippen molar-refractivity contribution in [3.63, 3.8) is 0 Å². The fourth-order valence-corrected chi connectivity index (χ4v) is 7.18. The number of aryl methyl sites for hydroxylation is 1. The lowest BCUT2D eigenvalue weighted by Gasteiger charge is -2.38. The maximum atomic E-state index is 14.1. The summed E-state index contributed by atoms with van der Waals surface area (Å²) in [7, 11) is 0. The number of rotatable bonds is 4. The fourth-order valence-electron chi connectivity index (χ4n) is 7.18. The second-order valence-electron chi connectivity index (χ2n) is 10.6. The molecule has 3 heterocycles. The van der Waals surface area contributed by atoms with Crippen molar-refractivity contribution in [3.05, 3.63) is 47.5 Å². The van der Waals surface area contributed by atoms with E-state index in [9.17, 15) is 9.59 Å². The van der Waals surface area contributed by atoms with Gasteiger partial charge >= 0.3 is 0 Å². The van der Waals surface area contributed by atoms with Crippen molar-refractivity contribution in [1.29, 1.82) is 0 Å². The molecule has 5 atom stereocenters. The van der Waals surface area contributed by atoms with E-state index in [4.69, 9.17) is 4.74 Å². The van der Waals surface area contributed by atoms with Crippen molar-refractivity contribution >= 4 is 11.8 Å². The van der Waals surface area contributed by atoms with Gasteiger partial charge in [-0.05, 0) is 38.2 Å². The quantitative estimate of drug-likeness (QED) is 0.729. The summed E-state index contributed by atoms with van der Waals surface area (Å²) < 4.78 is 6.64. The van der Waals surface area contributed by atoms with Crippen LogP contribution in [0, 0.1) is 12.8 Å². The lowest BCUT2D eigenvalue weighted by molar-refractivity contribution is -0.143. The Morgan fingerprint density at radius 2 is 1.72 bits per heavy atom. The third kappa shape index (κ3) is 3.00. The zero-order chi connectivity index (χ0) is 21.9. The molecule has 5 nitrogen and oxygen atoms in total. The van der Waals surface area contributed by atoms with Crippen LogP contribution in [-0.4, -0.2) is 46.5 Å². The molecule has 5 heteroatoms. The molecule has 0 radical (unpaired) electrons. The maximum absolute atomic E-state index is 14.1. The first kappa shape index (κ1) is 20.5. The zero-order valence-corrected chi connectivity index (χ0v) is 19.0. The predicted molar refractivity (Wildman–Crippen MR) is 122 cm³/mol. The second-order valence-corrected chi connectivity index (χ2v) is 10.6. The molecule has 1 spiro atoms. The molecule has 3 aliphatic heterocycles. The van der Waals surface area contributed by atoms with Gasteiger partial charge in [0.1, 0.15) is 11.6 Å². The van der Waals surface area contributed by atoms with Crippen molar-refractivity contribution in [3.8, 4) is 0 Å². The van der Waals surface area contributed by atoms with Crippen molar-refractivity contribution in [1.82, 2.24) is 10.2 Å². The Hall–Kier alpha value is -2.14. The highest BCUT2D eigenvalue weighted by atomic mass is 16.5. The number of hydrogen-bond donors (Lipinski definition) is 1. The van der Waals surface area contributed by atoms with E-state index < -0.39 is 11.6 Å². The molecular formula is C27H34N2O3. The molecule has 2 bridgehead atoms. The predicted octanol–water partition coefficient (Wildman–Crippen LogP) is 4.00. The number of nitrogens with zero attached hydrogens (tertiary/aromatic N) is 1. The topological polar surface area (TPSA) is 58.6 Å². The first-order valence-electron chi connectivity index (χ1n) is 12.6. The molecule has 2 aliphatic carbocycles. The van der Waals surface area contributed by atoms with Gasteiger partial charge in [-0.1, -0.05) is 74.1 Å². The maximum Gasteiger partial charge on any atom is 0.246 e. The summed E-state index contributed by atoms with van der Waals surface area (Å²) in [6, 6.07) is 8.31. The molecule has 0 unspecified atom stereocenters. The number of fused-ring (bicyclic) bond motifs is 1. The minimum absolute atomic E-state index is 0.00632. The molecule has 2 saturated heterocycles. The van der Waals surface area contributed by atoms with Crippen LogP contribution in [0.1, 0.15) is 74.8 Å². The van der Waals surface area contributed by atoms with Crippen LogP contribution in [0.25, 0.3) is 0 Å². The van der Waals surface area contributed by atoms with Gasteiger partial charge in [0.05, 0.1) is 12.0 Å². The molecule has 170 valence electrons. The van der Waals surface area contributed by atoms with Crippen molar-refractivity contribution in [2.24, 2.45) is 5.92 Å².